The van der Waals surface area contributed by atoms with Gasteiger partial charge in [0.05, 0.1) is 18.4 Å². The number of amides is 1. The smallest absolute Gasteiger partial charge is 0.326 e. The molecule has 3 aromatic rings. The number of aromatic amines is 1. The number of nitrogens with one attached hydrogen (secondary N) is 3. The van der Waals surface area contributed by atoms with Crippen LogP contribution in [0.3, 0.4) is 0 Å². The Morgan fingerprint density at radius 3 is 2.38 bits per heavy atom. The van der Waals surface area contributed by atoms with E-state index in [1.54, 1.807) is 12.1 Å². The summed E-state index contributed by atoms with van der Waals surface area (Å²) in [4.78, 5) is 60.6. The second kappa shape index (κ2) is 12.7. The summed E-state index contributed by atoms with van der Waals surface area (Å²) < 4.78 is 0. The average Bonchev–Trinajstić information content (AvgIpc) is 2.75. The van der Waals surface area contributed by atoms with Crippen LogP contribution in [0.1, 0.15) is 28.9 Å². The molecule has 2 heterocycles. The van der Waals surface area contributed by atoms with E-state index in [1.807, 2.05) is 0 Å². The molecule has 3 rings (SSSR count). The van der Waals surface area contributed by atoms with Gasteiger partial charge in [0, 0.05) is 51.8 Å². The number of rotatable bonds is 9. The van der Waals surface area contributed by atoms with Gasteiger partial charge in [0.15, 0.2) is 11.2 Å². The Hall–Kier alpha value is -3.51. The van der Waals surface area contributed by atoms with E-state index >= 15 is 0 Å². The fourth-order valence-electron chi connectivity index (χ4n) is 2.75. The van der Waals surface area contributed by atoms with Crippen LogP contribution in [0.2, 0.25) is 0 Å². The first-order chi connectivity index (χ1) is 15.2. The van der Waals surface area contributed by atoms with Crippen LogP contribution in [0.15, 0.2) is 35.3 Å². The number of fused-ring (bicyclic) bond motifs is 1. The Kier molecular flexibility index (Phi) is 10.6. The summed E-state index contributed by atoms with van der Waals surface area (Å²) in [5, 5.41) is 23.2. The summed E-state index contributed by atoms with van der Waals surface area (Å²) in [5.74, 6) is -3.16. The quantitative estimate of drug-likeness (QED) is 0.168. The number of carbonyl (C=O) groups is 3. The molecule has 13 nitrogen and oxygen atoms in total. The van der Waals surface area contributed by atoms with Gasteiger partial charge < -0.3 is 26.6 Å². The number of benzene rings is 1. The molecule has 0 aliphatic carbocycles. The van der Waals surface area contributed by atoms with Crippen molar-refractivity contribution in [3.8, 4) is 0 Å². The third kappa shape index (κ3) is 7.52. The van der Waals surface area contributed by atoms with E-state index in [9.17, 15) is 19.2 Å². The normalized spacial score (nSPS) is 10.9. The zero-order chi connectivity index (χ0) is 23.3. The number of anilines is 2. The number of carboxylic acid groups (broad SMARTS) is 2. The molecule has 0 unspecified atom stereocenters. The number of aliphatic carboxylic acids is 2. The minimum Gasteiger partial charge on any atom is -0.481 e. The zero-order valence-electron chi connectivity index (χ0n) is 17.3. The Labute approximate surface area is 212 Å². The SMILES string of the molecule is Nc1nc2ncc(CNc3ccc(C(=O)N[C@@H](CCC(=O)O)C(=O)O)cc3)nc2c(=O)[nH]1.[Se].[Se]. The molecule has 0 saturated carbocycles. The molecule has 0 spiro atoms. The molecule has 0 bridgehead atoms. The van der Waals surface area contributed by atoms with Crippen molar-refractivity contribution in [3.05, 3.63) is 52.1 Å². The van der Waals surface area contributed by atoms with E-state index < -0.39 is 29.4 Å². The first kappa shape index (κ1) is 28.5. The standard InChI is InChI=1S/C19H19N7O6.2Se/c20-19-25-15-14(17(30)26-19)23-11(8-22-15)7-21-10-3-1-9(2-4-10)16(29)24-12(18(31)32)5-6-13(27)28;;/h1-4,8,12,21H,5-7H2,(H,24,29)(H,27,28)(H,31,32)(H3,20,22,25,26,30);;/t12-;;/m0../s1. The van der Waals surface area contributed by atoms with Gasteiger partial charge in [-0.2, -0.15) is 4.98 Å². The van der Waals surface area contributed by atoms with Gasteiger partial charge in [-0.3, -0.25) is 19.4 Å². The number of nitrogens with zero attached hydrogens (tertiary/aromatic N) is 3. The van der Waals surface area contributed by atoms with E-state index in [1.165, 1.54) is 18.3 Å². The van der Waals surface area contributed by atoms with Gasteiger partial charge in [-0.1, -0.05) is 0 Å². The molecule has 1 amide bonds. The number of hydrogen-bond donors (Lipinski definition) is 6. The van der Waals surface area contributed by atoms with Crippen LogP contribution in [-0.4, -0.2) is 88.2 Å². The summed E-state index contributed by atoms with van der Waals surface area (Å²) in [5.41, 5.74) is 6.47. The van der Waals surface area contributed by atoms with Gasteiger partial charge >= 0.3 is 11.9 Å². The van der Waals surface area contributed by atoms with Gasteiger partial charge in [0.1, 0.15) is 6.04 Å². The predicted molar refractivity (Wildman–Crippen MR) is 123 cm³/mol. The summed E-state index contributed by atoms with van der Waals surface area (Å²) >= 11 is 0. The summed E-state index contributed by atoms with van der Waals surface area (Å²) in [7, 11) is 0. The van der Waals surface area contributed by atoms with Crippen LogP contribution in [0.5, 0.6) is 0 Å². The molecule has 1 atom stereocenters. The Balaban J connectivity index is 0.00000289. The molecule has 178 valence electrons. The fourth-order valence-corrected chi connectivity index (χ4v) is 2.75. The second-order valence-electron chi connectivity index (χ2n) is 6.71. The molecule has 15 heteroatoms. The topological polar surface area (TPSA) is 213 Å². The second-order valence-corrected chi connectivity index (χ2v) is 6.71. The number of carbonyl (C=O) groups excluding carboxylic acids is 1. The Morgan fingerprint density at radius 2 is 1.76 bits per heavy atom. The van der Waals surface area contributed by atoms with E-state index in [2.05, 4.69) is 30.6 Å². The Bertz CT molecular complexity index is 1240. The van der Waals surface area contributed by atoms with Gasteiger partial charge in [-0.25, -0.2) is 14.8 Å². The van der Waals surface area contributed by atoms with Crippen molar-refractivity contribution in [2.45, 2.75) is 25.4 Å². The number of H-pyrrole nitrogens is 1. The maximum atomic E-state index is 12.3. The maximum absolute atomic E-state index is 12.3. The van der Waals surface area contributed by atoms with Crippen molar-refractivity contribution in [1.29, 1.82) is 0 Å². The first-order valence-corrected chi connectivity index (χ1v) is 9.33. The molecular weight excluding hydrogens is 580 g/mol. The van der Waals surface area contributed by atoms with Crippen LogP contribution in [-0.2, 0) is 16.1 Å². The van der Waals surface area contributed by atoms with E-state index in [-0.39, 0.29) is 76.2 Å². The molecule has 7 N–H and O–H groups in total. The fraction of sp³-hybridized carbons (Fsp3) is 0.211. The van der Waals surface area contributed by atoms with Crippen molar-refractivity contribution < 1.29 is 24.6 Å². The molecule has 0 fully saturated rings. The first-order valence-electron chi connectivity index (χ1n) is 9.33. The molecule has 0 saturated heterocycles. The van der Waals surface area contributed by atoms with Gasteiger partial charge in [0.2, 0.25) is 5.95 Å². The van der Waals surface area contributed by atoms with Crippen LogP contribution < -0.4 is 21.9 Å². The molecular formula is C19H19N7O6Se2. The number of aromatic nitrogens is 4. The van der Waals surface area contributed by atoms with E-state index in [4.69, 9.17) is 15.9 Å². The van der Waals surface area contributed by atoms with Crippen LogP contribution >= 0.6 is 0 Å². The van der Waals surface area contributed by atoms with Crippen molar-refractivity contribution in [1.82, 2.24) is 25.3 Å². The largest absolute Gasteiger partial charge is 0.481 e. The zero-order valence-corrected chi connectivity index (χ0v) is 20.8. The van der Waals surface area contributed by atoms with Gasteiger partial charge in [0.25, 0.3) is 11.5 Å². The predicted octanol–water partition coefficient (Wildman–Crippen LogP) is -0.806. The third-order valence-corrected chi connectivity index (χ3v) is 4.36. The average molecular weight is 599 g/mol. The summed E-state index contributed by atoms with van der Waals surface area (Å²) in [6.45, 7) is 0.231. The minimum absolute atomic E-state index is 0. The number of nitrogens with two attached hydrogens (primary N) is 1. The van der Waals surface area contributed by atoms with Crippen molar-refractivity contribution in [3.63, 3.8) is 0 Å². The summed E-state index contributed by atoms with van der Waals surface area (Å²) in [6.07, 6.45) is 0.840. The molecule has 0 aliphatic heterocycles. The van der Waals surface area contributed by atoms with E-state index in [0.29, 0.717) is 11.4 Å². The Morgan fingerprint density at radius 1 is 1.09 bits per heavy atom. The van der Waals surface area contributed by atoms with E-state index in [0.717, 1.165) is 0 Å². The minimum atomic E-state index is -1.31. The number of carboxylic acids is 2. The molecule has 34 heavy (non-hydrogen) atoms. The van der Waals surface area contributed by atoms with Crippen LogP contribution in [0.25, 0.3) is 11.2 Å². The van der Waals surface area contributed by atoms with Crippen molar-refractivity contribution in [2.75, 3.05) is 11.1 Å². The van der Waals surface area contributed by atoms with Crippen LogP contribution in [0, 0.1) is 0 Å². The summed E-state index contributed by atoms with van der Waals surface area (Å²) in [6, 6.07) is 4.86. The van der Waals surface area contributed by atoms with Crippen LogP contribution in [0.4, 0.5) is 11.6 Å². The molecule has 0 aliphatic rings. The van der Waals surface area contributed by atoms with Gasteiger partial charge in [-0.15, -0.1) is 0 Å². The monoisotopic (exact) mass is 601 g/mol. The molecule has 2 aromatic heterocycles. The number of hydrogen-bond acceptors (Lipinski definition) is 9. The van der Waals surface area contributed by atoms with Crippen molar-refractivity contribution in [2.24, 2.45) is 0 Å². The number of nitrogen functional groups attached to an aromatic ring is 1. The van der Waals surface area contributed by atoms with Crippen molar-refractivity contribution >= 4 is 74.8 Å². The molecule has 1 aromatic carbocycles. The third-order valence-electron chi connectivity index (χ3n) is 4.36. The van der Waals surface area contributed by atoms with Gasteiger partial charge in [-0.05, 0) is 30.7 Å². The maximum Gasteiger partial charge on any atom is 0.326 e. The molecule has 4 radical (unpaired) electrons.